The third-order valence-electron chi connectivity index (χ3n) is 4.01. The molecule has 1 aliphatic carbocycles. The quantitative estimate of drug-likeness (QED) is 0.541. The van der Waals surface area contributed by atoms with Crippen LogP contribution < -0.4 is 0 Å². The van der Waals surface area contributed by atoms with Crippen molar-refractivity contribution >= 4 is 23.1 Å². The van der Waals surface area contributed by atoms with Crippen molar-refractivity contribution in [3.63, 3.8) is 0 Å². The fourth-order valence-electron chi connectivity index (χ4n) is 2.89. The molecule has 0 saturated carbocycles. The van der Waals surface area contributed by atoms with Crippen LogP contribution in [0.25, 0.3) is 5.57 Å². The molecule has 2 aromatic carbocycles. The van der Waals surface area contributed by atoms with Gasteiger partial charge in [0.15, 0.2) is 0 Å². The Bertz CT molecular complexity index is 811. The zero-order chi connectivity index (χ0) is 17.7. The molecule has 0 amide bonds. The van der Waals surface area contributed by atoms with Crippen LogP contribution in [0.4, 0.5) is 0 Å². The number of hydrogen-bond donors (Lipinski definition) is 0. The molecule has 3 nitrogen and oxygen atoms in total. The monoisotopic (exact) mass is 354 g/mol. The van der Waals surface area contributed by atoms with Gasteiger partial charge in [-0.25, -0.2) is 4.79 Å². The Morgan fingerprint density at radius 2 is 1.84 bits per heavy atom. The normalized spacial score (nSPS) is 19.4. The summed E-state index contributed by atoms with van der Waals surface area (Å²) in [6.45, 7) is 2.29. The number of esters is 1. The van der Waals surface area contributed by atoms with Gasteiger partial charge in [0, 0.05) is 18.6 Å². The first-order valence-electron chi connectivity index (χ1n) is 8.21. The lowest BCUT2D eigenvalue weighted by atomic mass is 9.91. The van der Waals surface area contributed by atoms with E-state index in [4.69, 9.17) is 21.1 Å². The van der Waals surface area contributed by atoms with Gasteiger partial charge in [0.1, 0.15) is 0 Å². The first-order chi connectivity index (χ1) is 12.2. The van der Waals surface area contributed by atoms with E-state index in [1.807, 2.05) is 55.5 Å². The maximum absolute atomic E-state index is 12.8. The van der Waals surface area contributed by atoms with Crippen LogP contribution >= 0.6 is 11.6 Å². The summed E-state index contributed by atoms with van der Waals surface area (Å²) in [7, 11) is 0. The lowest BCUT2D eigenvalue weighted by molar-refractivity contribution is -0.157. The van der Waals surface area contributed by atoms with Gasteiger partial charge in [0.2, 0.25) is 5.79 Å². The molecule has 0 N–H and O–H groups in total. The van der Waals surface area contributed by atoms with E-state index in [1.54, 1.807) is 24.3 Å². The van der Waals surface area contributed by atoms with E-state index in [9.17, 15) is 4.79 Å². The van der Waals surface area contributed by atoms with Gasteiger partial charge in [-0.3, -0.25) is 0 Å². The number of carbonyl (C=O) groups is 1. The molecule has 0 spiro atoms. The average Bonchev–Trinajstić information content (AvgIpc) is 2.63. The maximum atomic E-state index is 12.8. The number of halogens is 1. The highest BCUT2D eigenvalue weighted by Gasteiger charge is 2.40. The second-order valence-electron chi connectivity index (χ2n) is 5.63. The first kappa shape index (κ1) is 17.5. The van der Waals surface area contributed by atoms with Crippen LogP contribution in [0.3, 0.4) is 0 Å². The van der Waals surface area contributed by atoms with E-state index >= 15 is 0 Å². The molecule has 0 heterocycles. The Morgan fingerprint density at radius 3 is 2.56 bits per heavy atom. The van der Waals surface area contributed by atoms with E-state index < -0.39 is 11.8 Å². The molecule has 0 bridgehead atoms. The molecule has 0 saturated heterocycles. The van der Waals surface area contributed by atoms with E-state index in [1.165, 1.54) is 0 Å². The summed E-state index contributed by atoms with van der Waals surface area (Å²) in [6, 6.07) is 16.6. The van der Waals surface area contributed by atoms with Gasteiger partial charge in [0.05, 0.1) is 10.6 Å². The molecule has 4 heteroatoms. The minimum absolute atomic E-state index is 0.324. The van der Waals surface area contributed by atoms with E-state index in [0.717, 1.165) is 11.1 Å². The molecular weight excluding hydrogens is 336 g/mol. The molecule has 0 fully saturated rings. The van der Waals surface area contributed by atoms with Crippen LogP contribution in [0.5, 0.6) is 0 Å². The number of rotatable bonds is 5. The minimum Gasteiger partial charge on any atom is -0.425 e. The molecule has 3 rings (SSSR count). The highest BCUT2D eigenvalue weighted by atomic mass is 35.5. The summed E-state index contributed by atoms with van der Waals surface area (Å²) in [6.07, 6.45) is 6.25. The Labute approximate surface area is 152 Å². The summed E-state index contributed by atoms with van der Waals surface area (Å²) in [4.78, 5) is 12.8. The van der Waals surface area contributed by atoms with Gasteiger partial charge in [-0.05, 0) is 24.6 Å². The highest BCUT2D eigenvalue weighted by molar-refractivity contribution is 6.33. The van der Waals surface area contributed by atoms with Crippen LogP contribution in [-0.2, 0) is 9.47 Å². The molecule has 128 valence electrons. The van der Waals surface area contributed by atoms with Crippen LogP contribution in [0.2, 0.25) is 5.02 Å². The smallest absolute Gasteiger partial charge is 0.342 e. The van der Waals surface area contributed by atoms with E-state index in [0.29, 0.717) is 23.6 Å². The van der Waals surface area contributed by atoms with Crippen molar-refractivity contribution in [3.05, 3.63) is 89.0 Å². The molecule has 25 heavy (non-hydrogen) atoms. The van der Waals surface area contributed by atoms with Gasteiger partial charge in [-0.1, -0.05) is 72.3 Å². The first-order valence-corrected chi connectivity index (χ1v) is 8.58. The van der Waals surface area contributed by atoms with Gasteiger partial charge in [0.25, 0.3) is 0 Å². The molecule has 2 aromatic rings. The summed E-state index contributed by atoms with van der Waals surface area (Å²) in [5.41, 5.74) is 2.09. The fourth-order valence-corrected chi connectivity index (χ4v) is 3.10. The molecule has 0 radical (unpaired) electrons. The molecule has 0 aromatic heterocycles. The van der Waals surface area contributed by atoms with Gasteiger partial charge in [-0.2, -0.15) is 0 Å². The zero-order valence-corrected chi connectivity index (χ0v) is 14.7. The largest absolute Gasteiger partial charge is 0.425 e. The van der Waals surface area contributed by atoms with Crippen molar-refractivity contribution in [1.82, 2.24) is 0 Å². The molecular formula is C21H19ClO3. The third kappa shape index (κ3) is 3.68. The summed E-state index contributed by atoms with van der Waals surface area (Å²) < 4.78 is 11.9. The van der Waals surface area contributed by atoms with Crippen LogP contribution in [0, 0.1) is 0 Å². The van der Waals surface area contributed by atoms with Crippen molar-refractivity contribution in [3.8, 4) is 0 Å². The van der Waals surface area contributed by atoms with Crippen molar-refractivity contribution in [2.75, 3.05) is 6.61 Å². The van der Waals surface area contributed by atoms with E-state index in [-0.39, 0.29) is 0 Å². The minimum atomic E-state index is -1.17. The fraction of sp³-hybridized carbons (Fsp3) is 0.190. The Hall–Kier alpha value is -2.36. The SMILES string of the molecule is CCOC1(OC(=O)c2ccccc2Cl)CC=CC=C1c1ccccc1. The predicted molar refractivity (Wildman–Crippen MR) is 99.4 cm³/mol. The molecule has 1 atom stereocenters. The standard InChI is InChI=1S/C21H19ClO3/c1-2-24-21(25-20(23)17-12-6-7-14-19(17)22)15-9-8-13-18(21)16-10-4-3-5-11-16/h3-14H,2,15H2,1H3. The Kier molecular flexibility index (Phi) is 5.37. The van der Waals surface area contributed by atoms with Crippen LogP contribution in [-0.4, -0.2) is 18.4 Å². The number of ether oxygens (including phenoxy) is 2. The number of hydrogen-bond acceptors (Lipinski definition) is 3. The van der Waals surface area contributed by atoms with Gasteiger partial charge >= 0.3 is 5.97 Å². The maximum Gasteiger partial charge on any atom is 0.342 e. The number of benzene rings is 2. The Morgan fingerprint density at radius 1 is 1.12 bits per heavy atom. The van der Waals surface area contributed by atoms with Crippen molar-refractivity contribution in [2.24, 2.45) is 0 Å². The van der Waals surface area contributed by atoms with Crippen molar-refractivity contribution < 1.29 is 14.3 Å². The number of carbonyl (C=O) groups excluding carboxylic acids is 1. The topological polar surface area (TPSA) is 35.5 Å². The second kappa shape index (κ2) is 7.68. The summed E-state index contributed by atoms with van der Waals surface area (Å²) in [5, 5.41) is 0.357. The lowest BCUT2D eigenvalue weighted by Crippen LogP contribution is -2.40. The molecule has 1 aliphatic rings. The Balaban J connectivity index is 1.98. The second-order valence-corrected chi connectivity index (χ2v) is 6.04. The van der Waals surface area contributed by atoms with Crippen LogP contribution in [0.1, 0.15) is 29.3 Å². The summed E-state index contributed by atoms with van der Waals surface area (Å²) >= 11 is 6.14. The lowest BCUT2D eigenvalue weighted by Gasteiger charge is -2.36. The van der Waals surface area contributed by atoms with E-state index in [2.05, 4.69) is 0 Å². The average molecular weight is 355 g/mol. The van der Waals surface area contributed by atoms with Crippen LogP contribution in [0.15, 0.2) is 72.8 Å². The molecule has 1 unspecified atom stereocenters. The zero-order valence-electron chi connectivity index (χ0n) is 13.9. The number of allylic oxidation sites excluding steroid dienone is 2. The predicted octanol–water partition coefficient (Wildman–Crippen LogP) is 5.27. The van der Waals surface area contributed by atoms with Gasteiger partial charge in [-0.15, -0.1) is 0 Å². The van der Waals surface area contributed by atoms with Gasteiger partial charge < -0.3 is 9.47 Å². The van der Waals surface area contributed by atoms with Crippen molar-refractivity contribution in [2.45, 2.75) is 19.1 Å². The van der Waals surface area contributed by atoms with Crippen molar-refractivity contribution in [1.29, 1.82) is 0 Å². The third-order valence-corrected chi connectivity index (χ3v) is 4.34. The molecule has 0 aliphatic heterocycles. The summed E-state index contributed by atoms with van der Waals surface area (Å²) in [5.74, 6) is -1.67. The highest BCUT2D eigenvalue weighted by Crippen LogP contribution is 2.38.